The maximum absolute atomic E-state index is 11.8. The summed E-state index contributed by atoms with van der Waals surface area (Å²) in [6.45, 7) is 6.49. The van der Waals surface area contributed by atoms with Crippen molar-refractivity contribution in [1.29, 1.82) is 5.26 Å². The first kappa shape index (κ1) is 15.2. The Labute approximate surface area is 114 Å². The lowest BCUT2D eigenvalue weighted by atomic mass is 10.1. The van der Waals surface area contributed by atoms with Gasteiger partial charge >= 0.3 is 0 Å². The molecule has 4 heteroatoms. The van der Waals surface area contributed by atoms with Crippen molar-refractivity contribution in [3.63, 3.8) is 0 Å². The Hall–Kier alpha value is -1.86. The Balaban J connectivity index is 2.42. The molecule has 0 aliphatic carbocycles. The van der Waals surface area contributed by atoms with E-state index < -0.39 is 0 Å². The SMILES string of the molecule is CCC(C)NC(=O)C(C)NCc1ccc(C#N)cc1. The van der Waals surface area contributed by atoms with Gasteiger partial charge in [-0.1, -0.05) is 19.1 Å². The molecule has 102 valence electrons. The van der Waals surface area contributed by atoms with E-state index in [4.69, 9.17) is 5.26 Å². The molecule has 19 heavy (non-hydrogen) atoms. The fraction of sp³-hybridized carbons (Fsp3) is 0.467. The third-order valence-electron chi connectivity index (χ3n) is 3.09. The first-order chi connectivity index (χ1) is 9.06. The lowest BCUT2D eigenvalue weighted by molar-refractivity contribution is -0.123. The van der Waals surface area contributed by atoms with Crippen LogP contribution in [0.3, 0.4) is 0 Å². The Kier molecular flexibility index (Phi) is 6.04. The second-order valence-corrected chi connectivity index (χ2v) is 4.73. The minimum atomic E-state index is -0.232. The summed E-state index contributed by atoms with van der Waals surface area (Å²) in [7, 11) is 0. The largest absolute Gasteiger partial charge is 0.352 e. The standard InChI is InChI=1S/C15H21N3O/c1-4-11(2)18-15(19)12(3)17-10-14-7-5-13(9-16)6-8-14/h5-8,11-12,17H,4,10H2,1-3H3,(H,18,19). The van der Waals surface area contributed by atoms with Crippen LogP contribution in [0.5, 0.6) is 0 Å². The molecule has 0 heterocycles. The van der Waals surface area contributed by atoms with Crippen molar-refractivity contribution in [2.24, 2.45) is 0 Å². The minimum absolute atomic E-state index is 0.0167. The maximum atomic E-state index is 11.8. The summed E-state index contributed by atoms with van der Waals surface area (Å²) >= 11 is 0. The minimum Gasteiger partial charge on any atom is -0.352 e. The number of benzene rings is 1. The van der Waals surface area contributed by atoms with E-state index in [2.05, 4.69) is 16.7 Å². The highest BCUT2D eigenvalue weighted by Gasteiger charge is 2.13. The predicted octanol–water partition coefficient (Wildman–Crippen LogP) is 1.95. The molecule has 0 saturated heterocycles. The Morgan fingerprint density at radius 2 is 1.95 bits per heavy atom. The molecular weight excluding hydrogens is 238 g/mol. The molecule has 0 saturated carbocycles. The van der Waals surface area contributed by atoms with Crippen molar-refractivity contribution in [1.82, 2.24) is 10.6 Å². The first-order valence-corrected chi connectivity index (χ1v) is 6.59. The number of amides is 1. The molecular formula is C15H21N3O. The highest BCUT2D eigenvalue weighted by molar-refractivity contribution is 5.81. The molecule has 0 aliphatic heterocycles. The summed E-state index contributed by atoms with van der Waals surface area (Å²) in [4.78, 5) is 11.8. The van der Waals surface area contributed by atoms with E-state index in [1.165, 1.54) is 0 Å². The van der Waals surface area contributed by atoms with Crippen LogP contribution in [0.25, 0.3) is 0 Å². The van der Waals surface area contributed by atoms with E-state index in [1.807, 2.05) is 32.9 Å². The summed E-state index contributed by atoms with van der Waals surface area (Å²) < 4.78 is 0. The van der Waals surface area contributed by atoms with Crippen LogP contribution in [0.4, 0.5) is 0 Å². The van der Waals surface area contributed by atoms with Gasteiger partial charge < -0.3 is 10.6 Å². The molecule has 1 aromatic carbocycles. The van der Waals surface area contributed by atoms with Crippen LogP contribution in [-0.2, 0) is 11.3 Å². The van der Waals surface area contributed by atoms with Gasteiger partial charge in [0.05, 0.1) is 17.7 Å². The zero-order chi connectivity index (χ0) is 14.3. The number of hydrogen-bond donors (Lipinski definition) is 2. The van der Waals surface area contributed by atoms with Gasteiger partial charge in [0.25, 0.3) is 0 Å². The molecule has 4 nitrogen and oxygen atoms in total. The van der Waals surface area contributed by atoms with Crippen LogP contribution < -0.4 is 10.6 Å². The van der Waals surface area contributed by atoms with Gasteiger partial charge in [0.1, 0.15) is 0 Å². The van der Waals surface area contributed by atoms with E-state index in [0.717, 1.165) is 12.0 Å². The van der Waals surface area contributed by atoms with Crippen LogP contribution in [-0.4, -0.2) is 18.0 Å². The zero-order valence-electron chi connectivity index (χ0n) is 11.7. The zero-order valence-corrected chi connectivity index (χ0v) is 11.7. The Morgan fingerprint density at radius 3 is 2.47 bits per heavy atom. The quantitative estimate of drug-likeness (QED) is 0.820. The number of carbonyl (C=O) groups is 1. The topological polar surface area (TPSA) is 64.9 Å². The van der Waals surface area contributed by atoms with E-state index in [-0.39, 0.29) is 18.0 Å². The summed E-state index contributed by atoms with van der Waals surface area (Å²) in [5, 5.41) is 14.8. The van der Waals surface area contributed by atoms with Gasteiger partial charge in [0, 0.05) is 12.6 Å². The number of nitrogens with zero attached hydrogens (tertiary/aromatic N) is 1. The number of carbonyl (C=O) groups excluding carboxylic acids is 1. The van der Waals surface area contributed by atoms with E-state index >= 15 is 0 Å². The van der Waals surface area contributed by atoms with Crippen LogP contribution in [0, 0.1) is 11.3 Å². The fourth-order valence-corrected chi connectivity index (χ4v) is 1.53. The van der Waals surface area contributed by atoms with Crippen molar-refractivity contribution in [2.45, 2.75) is 45.8 Å². The number of rotatable bonds is 6. The van der Waals surface area contributed by atoms with Crippen molar-refractivity contribution in [2.75, 3.05) is 0 Å². The Morgan fingerprint density at radius 1 is 1.32 bits per heavy atom. The van der Waals surface area contributed by atoms with Gasteiger partial charge in [-0.25, -0.2) is 0 Å². The third kappa shape index (κ3) is 5.11. The second kappa shape index (κ2) is 7.55. The molecule has 2 atom stereocenters. The average Bonchev–Trinajstić information content (AvgIpc) is 2.44. The van der Waals surface area contributed by atoms with Gasteiger partial charge in [-0.15, -0.1) is 0 Å². The summed E-state index contributed by atoms with van der Waals surface area (Å²) in [5.74, 6) is 0.0167. The number of hydrogen-bond acceptors (Lipinski definition) is 3. The fourth-order valence-electron chi connectivity index (χ4n) is 1.53. The van der Waals surface area contributed by atoms with Gasteiger partial charge in [-0.2, -0.15) is 5.26 Å². The highest BCUT2D eigenvalue weighted by atomic mass is 16.2. The van der Waals surface area contributed by atoms with Crippen LogP contribution in [0.2, 0.25) is 0 Å². The molecule has 1 amide bonds. The van der Waals surface area contributed by atoms with Gasteiger partial charge in [0.15, 0.2) is 0 Å². The molecule has 2 N–H and O–H groups in total. The van der Waals surface area contributed by atoms with E-state index in [1.54, 1.807) is 12.1 Å². The molecule has 1 aromatic rings. The maximum Gasteiger partial charge on any atom is 0.237 e. The lowest BCUT2D eigenvalue weighted by Crippen LogP contribution is -2.45. The van der Waals surface area contributed by atoms with E-state index in [9.17, 15) is 4.79 Å². The molecule has 1 rings (SSSR count). The number of nitrogens with one attached hydrogen (secondary N) is 2. The summed E-state index contributed by atoms with van der Waals surface area (Å²) in [6, 6.07) is 9.39. The molecule has 0 spiro atoms. The van der Waals surface area contributed by atoms with Crippen molar-refractivity contribution in [3.05, 3.63) is 35.4 Å². The second-order valence-electron chi connectivity index (χ2n) is 4.73. The molecule has 0 aromatic heterocycles. The molecule has 2 unspecified atom stereocenters. The van der Waals surface area contributed by atoms with Crippen molar-refractivity contribution < 1.29 is 4.79 Å². The first-order valence-electron chi connectivity index (χ1n) is 6.59. The summed E-state index contributed by atoms with van der Waals surface area (Å²) in [6.07, 6.45) is 0.925. The summed E-state index contributed by atoms with van der Waals surface area (Å²) in [5.41, 5.74) is 1.70. The molecule has 0 bridgehead atoms. The lowest BCUT2D eigenvalue weighted by Gasteiger charge is -2.17. The van der Waals surface area contributed by atoms with Crippen LogP contribution in [0.1, 0.15) is 38.3 Å². The number of nitriles is 1. The third-order valence-corrected chi connectivity index (χ3v) is 3.09. The van der Waals surface area contributed by atoms with Crippen molar-refractivity contribution >= 4 is 5.91 Å². The monoisotopic (exact) mass is 259 g/mol. The smallest absolute Gasteiger partial charge is 0.237 e. The molecule has 0 radical (unpaired) electrons. The van der Waals surface area contributed by atoms with Gasteiger partial charge in [0.2, 0.25) is 5.91 Å². The Bertz CT molecular complexity index is 447. The highest BCUT2D eigenvalue weighted by Crippen LogP contribution is 2.03. The molecule has 0 fully saturated rings. The van der Waals surface area contributed by atoms with Crippen LogP contribution in [0.15, 0.2) is 24.3 Å². The van der Waals surface area contributed by atoms with E-state index in [0.29, 0.717) is 12.1 Å². The van der Waals surface area contributed by atoms with Crippen LogP contribution >= 0.6 is 0 Å². The van der Waals surface area contributed by atoms with Gasteiger partial charge in [-0.05, 0) is 38.0 Å². The predicted molar refractivity (Wildman–Crippen MR) is 75.4 cm³/mol. The normalized spacial score (nSPS) is 13.4. The average molecular weight is 259 g/mol. The van der Waals surface area contributed by atoms with Crippen molar-refractivity contribution in [3.8, 4) is 6.07 Å². The van der Waals surface area contributed by atoms with Gasteiger partial charge in [-0.3, -0.25) is 4.79 Å². The molecule has 0 aliphatic rings.